The lowest BCUT2D eigenvalue weighted by Crippen LogP contribution is -2.38. The Labute approximate surface area is 88.7 Å². The van der Waals surface area contributed by atoms with E-state index in [1.54, 1.807) is 10.4 Å². The van der Waals surface area contributed by atoms with E-state index in [1.165, 1.54) is 7.11 Å². The third-order valence-corrected chi connectivity index (χ3v) is 2.49. The van der Waals surface area contributed by atoms with Crippen LogP contribution < -0.4 is 9.73 Å². The van der Waals surface area contributed by atoms with Crippen LogP contribution in [0.4, 0.5) is 0 Å². The molecule has 0 N–H and O–H groups in total. The molecule has 2 heterocycles. The Morgan fingerprint density at radius 2 is 2.50 bits per heavy atom. The first kappa shape index (κ1) is 9.33. The number of rotatable bonds is 1. The summed E-state index contributed by atoms with van der Waals surface area (Å²) < 4.78 is 7.33. The second kappa shape index (κ2) is 3.49. The lowest BCUT2D eigenvalue weighted by atomic mass is 10.4. The van der Waals surface area contributed by atoms with Gasteiger partial charge in [0, 0.05) is 10.5 Å². The Hall–Kier alpha value is -1.23. The minimum atomic E-state index is -0.333. The van der Waals surface area contributed by atoms with Gasteiger partial charge in [0.2, 0.25) is 5.71 Å². The molecule has 0 spiro atoms. The van der Waals surface area contributed by atoms with Gasteiger partial charge in [0.15, 0.2) is 6.54 Å². The normalized spacial score (nSPS) is 13.4. The maximum atomic E-state index is 11.3. The van der Waals surface area contributed by atoms with Gasteiger partial charge in [0.05, 0.1) is 13.3 Å². The van der Waals surface area contributed by atoms with Crippen LogP contribution in [0.3, 0.4) is 0 Å². The molecule has 0 fully saturated rings. The molecule has 0 amide bonds. The van der Waals surface area contributed by atoms with Crippen LogP contribution in [0.5, 0.6) is 0 Å². The molecule has 2 rings (SSSR count). The number of halogens is 1. The summed E-state index contributed by atoms with van der Waals surface area (Å²) in [5.74, 6) is -0.333. The van der Waals surface area contributed by atoms with Gasteiger partial charge in [-0.1, -0.05) is 20.9 Å². The molecule has 0 radical (unpaired) electrons. The average Bonchev–Trinajstić information content (AvgIpc) is 2.59. The zero-order valence-corrected chi connectivity index (χ0v) is 9.11. The van der Waals surface area contributed by atoms with Crippen LogP contribution in [0.2, 0.25) is 0 Å². The Balaban J connectivity index is 2.67. The summed E-state index contributed by atoms with van der Waals surface area (Å²) in [6.45, 7) is 0.378. The van der Waals surface area contributed by atoms with Crippen LogP contribution in [-0.2, 0) is 9.53 Å². The predicted octanol–water partition coefficient (Wildman–Crippen LogP) is -0.0771. The van der Waals surface area contributed by atoms with Crippen molar-refractivity contribution in [2.45, 2.75) is 0 Å². The average molecular weight is 256 g/mol. The van der Waals surface area contributed by atoms with Crippen LogP contribution in [0.1, 0.15) is 0 Å². The van der Waals surface area contributed by atoms with Gasteiger partial charge in [0.25, 0.3) is 0 Å². The fourth-order valence-electron chi connectivity index (χ4n) is 1.33. The van der Waals surface area contributed by atoms with Crippen molar-refractivity contribution in [1.82, 2.24) is 0 Å². The Morgan fingerprint density at radius 1 is 1.71 bits per heavy atom. The van der Waals surface area contributed by atoms with Gasteiger partial charge in [0.1, 0.15) is 0 Å². The smallest absolute Gasteiger partial charge is 0.378 e. The highest BCUT2D eigenvalue weighted by Gasteiger charge is 2.23. The lowest BCUT2D eigenvalue weighted by Gasteiger charge is -1.92. The molecule has 1 aromatic rings. The monoisotopic (exact) mass is 255 g/mol. The number of hydrogen-bond donors (Lipinski definition) is 0. The fourth-order valence-corrected chi connectivity index (χ4v) is 1.65. The van der Waals surface area contributed by atoms with Crippen LogP contribution >= 0.6 is 15.9 Å². The Bertz CT molecular complexity index is 510. The number of nitrogens with zero attached hydrogens (tertiary/aromatic N) is 2. The molecule has 1 aliphatic heterocycles. The molecular weight excluding hydrogens is 248 g/mol. The quantitative estimate of drug-likeness (QED) is 0.521. The first-order valence-electron chi connectivity index (χ1n) is 4.05. The molecule has 4 nitrogen and oxygen atoms in total. The van der Waals surface area contributed by atoms with Crippen molar-refractivity contribution in [3.63, 3.8) is 0 Å². The second-order valence-electron chi connectivity index (χ2n) is 2.83. The highest BCUT2D eigenvalue weighted by Crippen LogP contribution is 2.03. The number of esters is 1. The van der Waals surface area contributed by atoms with Gasteiger partial charge >= 0.3 is 11.5 Å². The molecule has 1 aliphatic rings. The molecule has 0 aliphatic carbocycles. The van der Waals surface area contributed by atoms with Gasteiger partial charge in [-0.15, -0.1) is 0 Å². The van der Waals surface area contributed by atoms with E-state index in [2.05, 4.69) is 25.7 Å². The number of hydrogen-bond acceptors (Lipinski definition) is 3. The van der Waals surface area contributed by atoms with Gasteiger partial charge in [-0.2, -0.15) is 4.24 Å². The van der Waals surface area contributed by atoms with Crippen molar-refractivity contribution in [3.05, 3.63) is 34.0 Å². The number of methoxy groups -OCH3 is 1. The SMILES string of the molecule is COC(=O)C1=[n+]2ccc(Br)cc2=NC1. The van der Waals surface area contributed by atoms with Crippen molar-refractivity contribution in [2.75, 3.05) is 13.7 Å². The predicted molar refractivity (Wildman–Crippen MR) is 51.0 cm³/mol. The van der Waals surface area contributed by atoms with E-state index in [0.29, 0.717) is 12.3 Å². The number of carbonyl (C=O) groups excluding carboxylic acids is 1. The van der Waals surface area contributed by atoms with Gasteiger partial charge < -0.3 is 4.74 Å². The zero-order valence-electron chi connectivity index (χ0n) is 7.53. The largest absolute Gasteiger partial charge is 0.463 e. The van der Waals surface area contributed by atoms with Crippen LogP contribution in [-0.4, -0.2) is 19.6 Å². The highest BCUT2D eigenvalue weighted by atomic mass is 79.9. The summed E-state index contributed by atoms with van der Waals surface area (Å²) in [5.41, 5.74) is 1.31. The van der Waals surface area contributed by atoms with E-state index < -0.39 is 0 Å². The maximum Gasteiger partial charge on any atom is 0.378 e. The lowest BCUT2D eigenvalue weighted by molar-refractivity contribution is -0.532. The van der Waals surface area contributed by atoms with Crippen molar-refractivity contribution < 1.29 is 13.8 Å². The first-order valence-corrected chi connectivity index (χ1v) is 4.85. The van der Waals surface area contributed by atoms with Crippen LogP contribution in [0.15, 0.2) is 27.8 Å². The van der Waals surface area contributed by atoms with Gasteiger partial charge in [-0.05, 0) is 6.07 Å². The number of fused-ring (bicyclic) bond motifs is 1. The van der Waals surface area contributed by atoms with Crippen molar-refractivity contribution >= 4 is 21.9 Å². The molecule has 72 valence electrons. The summed E-state index contributed by atoms with van der Waals surface area (Å²) in [7, 11) is 1.37. The Morgan fingerprint density at radius 3 is 3.21 bits per heavy atom. The van der Waals surface area contributed by atoms with E-state index in [1.807, 2.05) is 12.1 Å². The topological polar surface area (TPSA) is 44.6 Å². The second-order valence-corrected chi connectivity index (χ2v) is 3.74. The molecule has 0 unspecified atom stereocenters. The van der Waals surface area contributed by atoms with Crippen molar-refractivity contribution in [3.8, 4) is 0 Å². The molecular formula is C9H8BrN2O2+. The standard InChI is InChI=1S/C9H8BrN2O2/c1-14-9(13)7-5-11-8-4-6(10)2-3-12(7)8/h2-4H,5H2,1H3/q+1. The summed E-state index contributed by atoms with van der Waals surface area (Å²) in [4.78, 5) is 15.5. The van der Waals surface area contributed by atoms with Crippen molar-refractivity contribution in [1.29, 1.82) is 0 Å². The van der Waals surface area contributed by atoms with Crippen LogP contribution in [0.25, 0.3) is 0 Å². The highest BCUT2D eigenvalue weighted by molar-refractivity contribution is 9.10. The molecule has 5 heteroatoms. The summed E-state index contributed by atoms with van der Waals surface area (Å²) in [5, 5.41) is 0. The minimum absolute atomic E-state index is 0.333. The van der Waals surface area contributed by atoms with Crippen LogP contribution in [0, 0.1) is 5.71 Å². The number of pyridine rings is 1. The van der Waals surface area contributed by atoms with E-state index in [9.17, 15) is 4.79 Å². The summed E-state index contributed by atoms with van der Waals surface area (Å²) in [6.07, 6.45) is 1.79. The fraction of sp³-hybridized carbons (Fsp3) is 0.222. The maximum absolute atomic E-state index is 11.3. The molecule has 14 heavy (non-hydrogen) atoms. The number of carbonyl (C=O) groups is 1. The molecule has 0 atom stereocenters. The van der Waals surface area contributed by atoms with Gasteiger partial charge in [-0.3, -0.25) is 0 Å². The first-order chi connectivity index (χ1) is 6.72. The number of aromatic nitrogens is 1. The summed E-state index contributed by atoms with van der Waals surface area (Å²) in [6, 6.07) is 3.71. The Kier molecular flexibility index (Phi) is 2.33. The third kappa shape index (κ3) is 1.43. The third-order valence-electron chi connectivity index (χ3n) is 2.00. The van der Waals surface area contributed by atoms with E-state index in [4.69, 9.17) is 0 Å². The van der Waals surface area contributed by atoms with Crippen molar-refractivity contribution in [2.24, 2.45) is 4.99 Å². The molecule has 0 saturated carbocycles. The molecule has 1 aromatic heterocycles. The molecule has 0 saturated heterocycles. The van der Waals surface area contributed by atoms with E-state index in [-0.39, 0.29) is 5.97 Å². The van der Waals surface area contributed by atoms with Gasteiger partial charge in [-0.25, -0.2) is 4.79 Å². The molecule has 0 bridgehead atoms. The zero-order chi connectivity index (χ0) is 10.1. The number of ether oxygens (including phenoxy) is 1. The minimum Gasteiger partial charge on any atom is -0.463 e. The summed E-state index contributed by atoms with van der Waals surface area (Å²) >= 11 is 3.34. The molecule has 0 aromatic carbocycles. The van der Waals surface area contributed by atoms with E-state index >= 15 is 0 Å². The van der Waals surface area contributed by atoms with E-state index in [0.717, 1.165) is 9.96 Å².